The molecule has 1 aliphatic rings. The van der Waals surface area contributed by atoms with Crippen LogP contribution in [0.15, 0.2) is 23.1 Å². The highest BCUT2D eigenvalue weighted by Crippen LogP contribution is 2.27. The largest absolute Gasteiger partial charge is 0.316 e. The molecule has 1 atom stereocenters. The molecule has 0 amide bonds. The van der Waals surface area contributed by atoms with Crippen LogP contribution in [0.2, 0.25) is 0 Å². The third kappa shape index (κ3) is 2.52. The minimum absolute atomic E-state index is 0.0782. The van der Waals surface area contributed by atoms with Gasteiger partial charge in [-0.05, 0) is 49.3 Å². The van der Waals surface area contributed by atoms with E-state index in [1.807, 2.05) is 12.3 Å². The molecule has 82 valence electrons. The molecule has 2 rings (SSSR count). The topological polar surface area (TPSA) is 12.0 Å². The van der Waals surface area contributed by atoms with Crippen molar-refractivity contribution in [2.45, 2.75) is 23.7 Å². The number of rotatable bonds is 2. The summed E-state index contributed by atoms with van der Waals surface area (Å²) >= 11 is 1.46. The molecule has 0 aliphatic carbocycles. The lowest BCUT2D eigenvalue weighted by atomic mass is 9.92. The number of benzene rings is 1. The number of thioether (sulfide) groups is 1. The summed E-state index contributed by atoms with van der Waals surface area (Å²) in [7, 11) is 0. The van der Waals surface area contributed by atoms with Crippen molar-refractivity contribution >= 4 is 11.8 Å². The number of hydrogen-bond acceptors (Lipinski definition) is 2. The molecule has 1 heterocycles. The molecular weight excluding hydrogens is 209 g/mol. The fourth-order valence-corrected chi connectivity index (χ4v) is 2.53. The lowest BCUT2D eigenvalue weighted by molar-refractivity contribution is 0.459. The van der Waals surface area contributed by atoms with Crippen molar-refractivity contribution < 1.29 is 4.39 Å². The predicted molar refractivity (Wildman–Crippen MR) is 63.0 cm³/mol. The van der Waals surface area contributed by atoms with Crippen molar-refractivity contribution in [3.05, 3.63) is 29.6 Å². The van der Waals surface area contributed by atoms with Crippen LogP contribution in [0.3, 0.4) is 0 Å². The molecule has 0 bridgehead atoms. The quantitative estimate of drug-likeness (QED) is 0.776. The van der Waals surface area contributed by atoms with E-state index in [0.29, 0.717) is 5.92 Å². The zero-order chi connectivity index (χ0) is 10.7. The van der Waals surface area contributed by atoms with Crippen molar-refractivity contribution in [2.24, 2.45) is 0 Å². The average molecular weight is 225 g/mol. The van der Waals surface area contributed by atoms with Gasteiger partial charge in [-0.2, -0.15) is 0 Å². The first-order valence-corrected chi connectivity index (χ1v) is 6.58. The summed E-state index contributed by atoms with van der Waals surface area (Å²) in [6.45, 7) is 2.08. The average Bonchev–Trinajstić information content (AvgIpc) is 2.30. The van der Waals surface area contributed by atoms with Gasteiger partial charge in [-0.1, -0.05) is 6.07 Å². The zero-order valence-electron chi connectivity index (χ0n) is 8.92. The van der Waals surface area contributed by atoms with Crippen LogP contribution >= 0.6 is 11.8 Å². The SMILES string of the molecule is CSc1ccc(C2CCCNC2)cc1F. The highest BCUT2D eigenvalue weighted by molar-refractivity contribution is 7.98. The molecule has 1 N–H and O–H groups in total. The van der Waals surface area contributed by atoms with E-state index in [1.54, 1.807) is 6.07 Å². The number of halogens is 1. The Morgan fingerprint density at radius 3 is 2.93 bits per heavy atom. The maximum Gasteiger partial charge on any atom is 0.137 e. The van der Waals surface area contributed by atoms with Crippen LogP contribution in [0.4, 0.5) is 4.39 Å². The summed E-state index contributed by atoms with van der Waals surface area (Å²) in [5.41, 5.74) is 1.14. The van der Waals surface area contributed by atoms with Gasteiger partial charge in [0.15, 0.2) is 0 Å². The molecule has 1 aromatic carbocycles. The van der Waals surface area contributed by atoms with Gasteiger partial charge in [-0.3, -0.25) is 0 Å². The molecular formula is C12H16FNS. The first kappa shape index (κ1) is 11.0. The molecule has 1 unspecified atom stereocenters. The van der Waals surface area contributed by atoms with Gasteiger partial charge < -0.3 is 5.32 Å². The van der Waals surface area contributed by atoms with Crippen LogP contribution in [-0.2, 0) is 0 Å². The van der Waals surface area contributed by atoms with Gasteiger partial charge in [-0.15, -0.1) is 11.8 Å². The Kier molecular flexibility index (Phi) is 3.65. The van der Waals surface area contributed by atoms with Crippen LogP contribution in [0.1, 0.15) is 24.3 Å². The van der Waals surface area contributed by atoms with E-state index in [0.717, 1.165) is 23.5 Å². The maximum atomic E-state index is 13.6. The Labute approximate surface area is 94.5 Å². The summed E-state index contributed by atoms with van der Waals surface area (Å²) in [4.78, 5) is 0.738. The Balaban J connectivity index is 2.17. The molecule has 0 aromatic heterocycles. The fraction of sp³-hybridized carbons (Fsp3) is 0.500. The van der Waals surface area contributed by atoms with Crippen LogP contribution in [0, 0.1) is 5.82 Å². The Hall–Kier alpha value is -0.540. The smallest absolute Gasteiger partial charge is 0.137 e. The van der Waals surface area contributed by atoms with Gasteiger partial charge in [0.1, 0.15) is 5.82 Å². The molecule has 3 heteroatoms. The molecule has 0 radical (unpaired) electrons. The molecule has 15 heavy (non-hydrogen) atoms. The van der Waals surface area contributed by atoms with Crippen LogP contribution in [0.5, 0.6) is 0 Å². The third-order valence-electron chi connectivity index (χ3n) is 2.94. The summed E-state index contributed by atoms with van der Waals surface area (Å²) in [5.74, 6) is 0.412. The van der Waals surface area contributed by atoms with Crippen molar-refractivity contribution in [2.75, 3.05) is 19.3 Å². The van der Waals surface area contributed by atoms with Crippen molar-refractivity contribution in [3.8, 4) is 0 Å². The minimum Gasteiger partial charge on any atom is -0.316 e. The van der Waals surface area contributed by atoms with E-state index in [1.165, 1.54) is 24.6 Å². The summed E-state index contributed by atoms with van der Waals surface area (Å²) < 4.78 is 13.6. The van der Waals surface area contributed by atoms with E-state index < -0.39 is 0 Å². The molecule has 1 aliphatic heterocycles. The highest BCUT2D eigenvalue weighted by Gasteiger charge is 2.16. The van der Waals surface area contributed by atoms with Gasteiger partial charge in [0, 0.05) is 11.4 Å². The molecule has 1 nitrogen and oxygen atoms in total. The van der Waals surface area contributed by atoms with Gasteiger partial charge in [-0.25, -0.2) is 4.39 Å². The fourth-order valence-electron chi connectivity index (χ4n) is 2.07. The Morgan fingerprint density at radius 2 is 2.33 bits per heavy atom. The molecule has 1 fully saturated rings. The predicted octanol–water partition coefficient (Wildman–Crippen LogP) is 3.01. The van der Waals surface area contributed by atoms with Crippen LogP contribution in [0.25, 0.3) is 0 Å². The third-order valence-corrected chi connectivity index (χ3v) is 3.72. The molecule has 1 saturated heterocycles. The van der Waals surface area contributed by atoms with E-state index in [9.17, 15) is 4.39 Å². The van der Waals surface area contributed by atoms with Gasteiger partial charge in [0.25, 0.3) is 0 Å². The lowest BCUT2D eigenvalue weighted by Gasteiger charge is -2.23. The van der Waals surface area contributed by atoms with Crippen molar-refractivity contribution in [1.82, 2.24) is 5.32 Å². The second-order valence-corrected chi connectivity index (χ2v) is 4.79. The monoisotopic (exact) mass is 225 g/mol. The first-order valence-electron chi connectivity index (χ1n) is 5.35. The van der Waals surface area contributed by atoms with Crippen molar-refractivity contribution in [1.29, 1.82) is 0 Å². The van der Waals surface area contributed by atoms with Crippen molar-refractivity contribution in [3.63, 3.8) is 0 Å². The second-order valence-electron chi connectivity index (χ2n) is 3.94. The standard InChI is InChI=1S/C12H16FNS/c1-15-12-5-4-9(7-11(12)13)10-3-2-6-14-8-10/h4-5,7,10,14H,2-3,6,8H2,1H3. The minimum atomic E-state index is -0.0782. The van der Waals surface area contributed by atoms with E-state index in [4.69, 9.17) is 0 Å². The second kappa shape index (κ2) is 4.99. The normalized spacial score (nSPS) is 21.6. The zero-order valence-corrected chi connectivity index (χ0v) is 9.74. The summed E-state index contributed by atoms with van der Waals surface area (Å²) in [5, 5.41) is 3.35. The molecule has 1 aromatic rings. The van der Waals surface area contributed by atoms with Gasteiger partial charge in [0.05, 0.1) is 0 Å². The number of piperidine rings is 1. The lowest BCUT2D eigenvalue weighted by Crippen LogP contribution is -2.28. The number of nitrogens with one attached hydrogen (secondary N) is 1. The summed E-state index contributed by atoms with van der Waals surface area (Å²) in [6, 6.07) is 5.65. The van der Waals surface area contributed by atoms with E-state index >= 15 is 0 Å². The molecule has 0 saturated carbocycles. The Morgan fingerprint density at radius 1 is 1.47 bits per heavy atom. The van der Waals surface area contributed by atoms with Gasteiger partial charge >= 0.3 is 0 Å². The Bertz CT molecular complexity index is 334. The molecule has 0 spiro atoms. The maximum absolute atomic E-state index is 13.6. The van der Waals surface area contributed by atoms with Crippen LogP contribution < -0.4 is 5.32 Å². The van der Waals surface area contributed by atoms with E-state index in [2.05, 4.69) is 11.4 Å². The van der Waals surface area contributed by atoms with E-state index in [-0.39, 0.29) is 5.82 Å². The summed E-state index contributed by atoms with van der Waals surface area (Å²) in [6.07, 6.45) is 4.27. The highest BCUT2D eigenvalue weighted by atomic mass is 32.2. The number of hydrogen-bond donors (Lipinski definition) is 1. The van der Waals surface area contributed by atoms with Gasteiger partial charge in [0.2, 0.25) is 0 Å². The van der Waals surface area contributed by atoms with Crippen LogP contribution in [-0.4, -0.2) is 19.3 Å². The first-order chi connectivity index (χ1) is 7.31.